The summed E-state index contributed by atoms with van der Waals surface area (Å²) in [6.07, 6.45) is 0. The topological polar surface area (TPSA) is 49.4 Å². The predicted molar refractivity (Wildman–Crippen MR) is 34.7 cm³/mol. The average molecular weight is 141 g/mol. The van der Waals surface area contributed by atoms with Crippen LogP contribution in [0, 0.1) is 6.67 Å². The van der Waals surface area contributed by atoms with Gasteiger partial charge in [0.05, 0.1) is 6.54 Å². The summed E-state index contributed by atoms with van der Waals surface area (Å²) >= 11 is 0. The molecule has 0 saturated carbocycles. The third kappa shape index (κ3) is 1.16. The average Bonchev–Trinajstić information content (AvgIpc) is 1.95. The van der Waals surface area contributed by atoms with Crippen LogP contribution in [0.15, 0.2) is 0 Å². The Morgan fingerprint density at radius 3 is 2.90 bits per heavy atom. The van der Waals surface area contributed by atoms with E-state index in [1.54, 1.807) is 0 Å². The molecule has 4 nitrogen and oxygen atoms in total. The van der Waals surface area contributed by atoms with E-state index in [1.807, 2.05) is 6.92 Å². The lowest BCUT2D eigenvalue weighted by atomic mass is 10.3. The summed E-state index contributed by atoms with van der Waals surface area (Å²) in [6, 6.07) is 0. The number of nitrogens with one attached hydrogen (secondary N) is 1. The van der Waals surface area contributed by atoms with Gasteiger partial charge in [-0.3, -0.25) is 14.9 Å². The van der Waals surface area contributed by atoms with E-state index in [1.165, 1.54) is 11.6 Å². The summed E-state index contributed by atoms with van der Waals surface area (Å²) in [7, 11) is 0. The monoisotopic (exact) mass is 141 g/mol. The highest BCUT2D eigenvalue weighted by Gasteiger charge is 2.24. The van der Waals surface area contributed by atoms with Crippen molar-refractivity contribution in [2.75, 3.05) is 13.1 Å². The van der Waals surface area contributed by atoms with Crippen LogP contribution in [-0.2, 0) is 9.59 Å². The largest absolute Gasteiger partial charge is 0.317 e. The number of nitrogens with zero attached hydrogens (tertiary/aromatic N) is 1. The van der Waals surface area contributed by atoms with E-state index in [4.69, 9.17) is 0 Å². The molecule has 0 aromatic heterocycles. The van der Waals surface area contributed by atoms with Gasteiger partial charge in [-0.25, -0.2) is 0 Å². The summed E-state index contributed by atoms with van der Waals surface area (Å²) in [6.45, 7) is 4.02. The molecule has 1 rings (SSSR count). The highest BCUT2D eigenvalue weighted by Crippen LogP contribution is 1.97. The van der Waals surface area contributed by atoms with Crippen LogP contribution in [0.5, 0.6) is 0 Å². The van der Waals surface area contributed by atoms with E-state index in [9.17, 15) is 9.59 Å². The predicted octanol–water partition coefficient (Wildman–Crippen LogP) is -0.874. The normalized spacial score (nSPS) is 19.9. The minimum Gasteiger partial charge on any atom is -0.317 e. The molecule has 1 amide bonds. The van der Waals surface area contributed by atoms with Crippen LogP contribution in [-0.4, -0.2) is 29.7 Å². The van der Waals surface area contributed by atoms with Crippen LogP contribution >= 0.6 is 0 Å². The second-order valence-electron chi connectivity index (χ2n) is 2.02. The number of carbonyl (C=O) groups excluding carboxylic acids is 2. The van der Waals surface area contributed by atoms with Gasteiger partial charge in [-0.1, -0.05) is 0 Å². The van der Waals surface area contributed by atoms with Crippen molar-refractivity contribution in [3.05, 3.63) is 6.67 Å². The van der Waals surface area contributed by atoms with Crippen molar-refractivity contribution in [3.63, 3.8) is 0 Å². The number of carbonyl (C=O) groups is 2. The Balaban J connectivity index is 2.60. The summed E-state index contributed by atoms with van der Waals surface area (Å²) in [4.78, 5) is 22.9. The molecular formula is C6H9N2O2. The standard InChI is InChI=1S/C6H9N2O2/c1-2-8-4-7-3-5(9)6(8)10/h4,7H,2-3H2,1H3. The van der Waals surface area contributed by atoms with E-state index in [-0.39, 0.29) is 12.3 Å². The highest BCUT2D eigenvalue weighted by atomic mass is 16.2. The van der Waals surface area contributed by atoms with Crippen LogP contribution in [0.4, 0.5) is 0 Å². The molecule has 0 bridgehead atoms. The molecule has 10 heavy (non-hydrogen) atoms. The molecule has 0 spiro atoms. The Kier molecular flexibility index (Phi) is 2.01. The van der Waals surface area contributed by atoms with Gasteiger partial charge >= 0.3 is 0 Å². The van der Waals surface area contributed by atoms with Crippen LogP contribution in [0.25, 0.3) is 0 Å². The summed E-state index contributed by atoms with van der Waals surface area (Å²) in [5.74, 6) is -0.786. The van der Waals surface area contributed by atoms with Crippen molar-refractivity contribution in [2.24, 2.45) is 0 Å². The van der Waals surface area contributed by atoms with Crippen molar-refractivity contribution in [2.45, 2.75) is 6.92 Å². The molecule has 1 fully saturated rings. The molecule has 0 aromatic rings. The Hall–Kier alpha value is -0.900. The smallest absolute Gasteiger partial charge is 0.292 e. The van der Waals surface area contributed by atoms with Gasteiger partial charge < -0.3 is 4.90 Å². The molecule has 1 saturated heterocycles. The first-order valence-corrected chi connectivity index (χ1v) is 3.16. The fraction of sp³-hybridized carbons (Fsp3) is 0.500. The molecular weight excluding hydrogens is 132 g/mol. The number of Topliss-reactive ketones (excluding diaryl/α,β-unsaturated/α-hetero) is 1. The van der Waals surface area contributed by atoms with Crippen LogP contribution < -0.4 is 5.32 Å². The number of amides is 1. The highest BCUT2D eigenvalue weighted by molar-refractivity contribution is 6.37. The second kappa shape index (κ2) is 2.79. The van der Waals surface area contributed by atoms with Crippen LogP contribution in [0.1, 0.15) is 6.92 Å². The summed E-state index contributed by atoms with van der Waals surface area (Å²) in [5.41, 5.74) is 0. The van der Waals surface area contributed by atoms with Crippen molar-refractivity contribution in [3.8, 4) is 0 Å². The minimum absolute atomic E-state index is 0.134. The first-order chi connectivity index (χ1) is 4.75. The van der Waals surface area contributed by atoms with E-state index < -0.39 is 5.91 Å². The molecule has 1 heterocycles. The fourth-order valence-electron chi connectivity index (χ4n) is 0.778. The maximum absolute atomic E-state index is 10.9. The number of hydrogen-bond donors (Lipinski definition) is 1. The zero-order chi connectivity index (χ0) is 7.56. The Bertz CT molecular complexity index is 167. The van der Waals surface area contributed by atoms with Gasteiger partial charge in [0, 0.05) is 6.54 Å². The van der Waals surface area contributed by atoms with Crippen LogP contribution in [0.2, 0.25) is 0 Å². The first-order valence-electron chi connectivity index (χ1n) is 3.16. The second-order valence-corrected chi connectivity index (χ2v) is 2.02. The van der Waals surface area contributed by atoms with Gasteiger partial charge in [0.25, 0.3) is 5.91 Å². The van der Waals surface area contributed by atoms with E-state index in [2.05, 4.69) is 5.32 Å². The number of rotatable bonds is 1. The van der Waals surface area contributed by atoms with E-state index in [0.29, 0.717) is 6.54 Å². The van der Waals surface area contributed by atoms with Gasteiger partial charge in [-0.05, 0) is 6.92 Å². The van der Waals surface area contributed by atoms with Gasteiger partial charge in [-0.15, -0.1) is 0 Å². The number of likely N-dealkylation sites (N-methyl/N-ethyl adjacent to an activating group) is 1. The molecule has 0 unspecified atom stereocenters. The van der Waals surface area contributed by atoms with Gasteiger partial charge in [-0.2, -0.15) is 0 Å². The fourth-order valence-corrected chi connectivity index (χ4v) is 0.778. The zero-order valence-electron chi connectivity index (χ0n) is 5.76. The maximum atomic E-state index is 10.9. The lowest BCUT2D eigenvalue weighted by Gasteiger charge is -2.23. The van der Waals surface area contributed by atoms with E-state index in [0.717, 1.165) is 0 Å². The summed E-state index contributed by atoms with van der Waals surface area (Å²) in [5, 5.41) is 2.70. The van der Waals surface area contributed by atoms with Gasteiger partial charge in [0.2, 0.25) is 5.78 Å². The Morgan fingerprint density at radius 1 is 1.70 bits per heavy atom. The SMILES string of the molecule is CCN1[CH]NCC(=O)C1=O. The molecule has 1 aliphatic rings. The third-order valence-corrected chi connectivity index (χ3v) is 1.35. The van der Waals surface area contributed by atoms with Crippen molar-refractivity contribution < 1.29 is 9.59 Å². The van der Waals surface area contributed by atoms with Crippen molar-refractivity contribution in [1.82, 2.24) is 10.2 Å². The molecule has 4 heteroatoms. The van der Waals surface area contributed by atoms with Crippen molar-refractivity contribution >= 4 is 11.7 Å². The molecule has 0 aromatic carbocycles. The quantitative estimate of drug-likeness (QED) is 0.483. The van der Waals surface area contributed by atoms with Gasteiger partial charge in [0.15, 0.2) is 0 Å². The molecule has 55 valence electrons. The van der Waals surface area contributed by atoms with Crippen LogP contribution in [0.3, 0.4) is 0 Å². The Labute approximate surface area is 59.2 Å². The Morgan fingerprint density at radius 2 is 2.40 bits per heavy atom. The molecule has 1 radical (unpaired) electrons. The zero-order valence-corrected chi connectivity index (χ0v) is 5.76. The van der Waals surface area contributed by atoms with E-state index >= 15 is 0 Å². The lowest BCUT2D eigenvalue weighted by molar-refractivity contribution is -0.145. The van der Waals surface area contributed by atoms with Crippen molar-refractivity contribution in [1.29, 1.82) is 0 Å². The van der Waals surface area contributed by atoms with Gasteiger partial charge in [0.1, 0.15) is 6.67 Å². The molecule has 0 aliphatic carbocycles. The molecule has 1 N–H and O–H groups in total. The first kappa shape index (κ1) is 7.21. The third-order valence-electron chi connectivity index (χ3n) is 1.35. The minimum atomic E-state index is -0.416. The number of ketones is 1. The maximum Gasteiger partial charge on any atom is 0.292 e. The molecule has 0 atom stereocenters. The lowest BCUT2D eigenvalue weighted by Crippen LogP contribution is -2.47. The summed E-state index contributed by atoms with van der Waals surface area (Å²) < 4.78 is 0. The number of hydrogen-bond acceptors (Lipinski definition) is 3. The molecule has 1 aliphatic heterocycles.